The molecule has 1 aliphatic rings. The highest BCUT2D eigenvalue weighted by Gasteiger charge is 2.30. The van der Waals surface area contributed by atoms with E-state index in [2.05, 4.69) is 51.3 Å². The largest absolute Gasteiger partial charge is 0.468 e. The Balaban J connectivity index is 1.98. The average Bonchev–Trinajstić information content (AvgIpc) is 3.22. The summed E-state index contributed by atoms with van der Waals surface area (Å²) in [6.07, 6.45) is 9.41. The molecule has 1 fully saturated rings. The van der Waals surface area contributed by atoms with Crippen LogP contribution in [0.15, 0.2) is 21.7 Å². The number of nitrogens with one attached hydrogen (secondary N) is 1. The summed E-state index contributed by atoms with van der Waals surface area (Å²) in [5, 5.41) is 7.75. The van der Waals surface area contributed by atoms with E-state index in [4.69, 9.17) is 15.5 Å². The summed E-state index contributed by atoms with van der Waals surface area (Å²) >= 11 is 3.62. The van der Waals surface area contributed by atoms with Gasteiger partial charge in [0.1, 0.15) is 11.9 Å². The van der Waals surface area contributed by atoms with Crippen LogP contribution in [0.5, 0.6) is 0 Å². The van der Waals surface area contributed by atoms with Crippen molar-refractivity contribution in [3.05, 3.63) is 28.0 Å². The summed E-state index contributed by atoms with van der Waals surface area (Å²) in [6.45, 7) is 5.05. The maximum absolute atomic E-state index is 11.8. The average molecular weight is 491 g/mol. The molecule has 3 unspecified atom stereocenters. The fraction of sp³-hybridized carbons (Fsp3) is 0.545. The van der Waals surface area contributed by atoms with Crippen LogP contribution in [0.1, 0.15) is 56.7 Å². The number of carbonyl (C=O) groups is 1. The summed E-state index contributed by atoms with van der Waals surface area (Å²) in [6, 6.07) is -0.275. The number of nitrogen functional groups attached to an aromatic ring is 1. The smallest absolute Gasteiger partial charge is 0.322 e. The Bertz CT molecular complexity index is 992. The molecular weight excluding hydrogens is 460 g/mol. The number of ether oxygens (including phenoxy) is 1. The lowest BCUT2D eigenvalue weighted by molar-refractivity contribution is -0.143. The number of nitrogens with zero attached hydrogens (tertiary/aromatic N) is 4. The van der Waals surface area contributed by atoms with Crippen LogP contribution in [0.2, 0.25) is 0 Å². The van der Waals surface area contributed by atoms with Gasteiger partial charge in [0.2, 0.25) is 0 Å². The molecule has 0 radical (unpaired) electrons. The van der Waals surface area contributed by atoms with Crippen LogP contribution in [0, 0.1) is 5.92 Å². The van der Waals surface area contributed by atoms with E-state index in [0.29, 0.717) is 30.3 Å². The second-order valence-electron chi connectivity index (χ2n) is 8.04. The SMILES string of the molecule is CCC(C)CC=C(C=NC)c1cnn2c(N)c(Br)c(C3CCC(C(=O)OC)NC3)nc12. The van der Waals surface area contributed by atoms with Crippen molar-refractivity contribution in [2.24, 2.45) is 10.9 Å². The summed E-state index contributed by atoms with van der Waals surface area (Å²) in [5.74, 6) is 0.989. The number of anilines is 1. The number of carbonyl (C=O) groups excluding carboxylic acids is 1. The van der Waals surface area contributed by atoms with E-state index in [1.165, 1.54) is 7.11 Å². The van der Waals surface area contributed by atoms with Crippen molar-refractivity contribution in [2.75, 3.05) is 26.4 Å². The lowest BCUT2D eigenvalue weighted by Gasteiger charge is -2.28. The zero-order chi connectivity index (χ0) is 22.5. The Labute approximate surface area is 191 Å². The van der Waals surface area contributed by atoms with Crippen LogP contribution >= 0.6 is 15.9 Å². The van der Waals surface area contributed by atoms with Gasteiger partial charge in [-0.05, 0) is 41.1 Å². The highest BCUT2D eigenvalue weighted by molar-refractivity contribution is 9.10. The normalized spacial score (nSPS) is 21.0. The molecule has 168 valence electrons. The van der Waals surface area contributed by atoms with E-state index >= 15 is 0 Å². The topological polar surface area (TPSA) is 107 Å². The Morgan fingerprint density at radius 1 is 1.52 bits per heavy atom. The second kappa shape index (κ2) is 10.4. The van der Waals surface area contributed by atoms with Gasteiger partial charge in [-0.2, -0.15) is 9.61 Å². The monoisotopic (exact) mass is 490 g/mol. The summed E-state index contributed by atoms with van der Waals surface area (Å²) < 4.78 is 7.26. The first-order valence-corrected chi connectivity index (χ1v) is 11.5. The van der Waals surface area contributed by atoms with Gasteiger partial charge in [-0.25, -0.2) is 4.98 Å². The van der Waals surface area contributed by atoms with Crippen molar-refractivity contribution in [1.82, 2.24) is 19.9 Å². The molecule has 31 heavy (non-hydrogen) atoms. The summed E-state index contributed by atoms with van der Waals surface area (Å²) in [5.41, 5.74) is 9.90. The van der Waals surface area contributed by atoms with Gasteiger partial charge in [0.05, 0.1) is 23.5 Å². The van der Waals surface area contributed by atoms with Crippen molar-refractivity contribution in [1.29, 1.82) is 0 Å². The third kappa shape index (κ3) is 4.98. The number of aliphatic imine (C=N–C) groups is 1. The first-order chi connectivity index (χ1) is 14.9. The number of fused-ring (bicyclic) bond motifs is 1. The fourth-order valence-electron chi connectivity index (χ4n) is 3.79. The van der Waals surface area contributed by atoms with Gasteiger partial charge < -0.3 is 15.8 Å². The minimum absolute atomic E-state index is 0.123. The Morgan fingerprint density at radius 3 is 2.90 bits per heavy atom. The number of halogens is 1. The third-order valence-electron chi connectivity index (χ3n) is 5.95. The van der Waals surface area contributed by atoms with E-state index in [9.17, 15) is 4.79 Å². The molecule has 2 aromatic heterocycles. The number of hydrogen-bond acceptors (Lipinski definition) is 7. The summed E-state index contributed by atoms with van der Waals surface area (Å²) in [7, 11) is 3.17. The molecule has 0 amide bonds. The first kappa shape index (κ1) is 23.4. The Morgan fingerprint density at radius 2 is 2.29 bits per heavy atom. The van der Waals surface area contributed by atoms with Gasteiger partial charge in [0, 0.05) is 36.9 Å². The predicted molar refractivity (Wildman–Crippen MR) is 127 cm³/mol. The minimum Gasteiger partial charge on any atom is -0.468 e. The number of allylic oxidation sites excluding steroid dienone is 2. The zero-order valence-corrected chi connectivity index (χ0v) is 20.1. The highest BCUT2D eigenvalue weighted by Crippen LogP contribution is 2.35. The number of piperidine rings is 1. The van der Waals surface area contributed by atoms with Gasteiger partial charge in [0.15, 0.2) is 5.65 Å². The number of rotatable bonds is 7. The molecule has 0 aliphatic carbocycles. The van der Waals surface area contributed by atoms with Crippen LogP contribution in [0.3, 0.4) is 0 Å². The highest BCUT2D eigenvalue weighted by atomic mass is 79.9. The second-order valence-corrected chi connectivity index (χ2v) is 8.84. The molecule has 3 heterocycles. The predicted octanol–water partition coefficient (Wildman–Crippen LogP) is 3.60. The number of aromatic nitrogens is 3. The van der Waals surface area contributed by atoms with E-state index in [0.717, 1.165) is 40.6 Å². The molecular formula is C22H31BrN6O2. The Hall–Kier alpha value is -2.26. The number of nitrogens with two attached hydrogens (primary N) is 1. The van der Waals surface area contributed by atoms with E-state index in [1.54, 1.807) is 17.8 Å². The fourth-order valence-corrected chi connectivity index (χ4v) is 4.37. The van der Waals surface area contributed by atoms with Crippen molar-refractivity contribution >= 4 is 45.2 Å². The lowest BCUT2D eigenvalue weighted by Crippen LogP contribution is -2.44. The Kier molecular flexibility index (Phi) is 7.83. The van der Waals surface area contributed by atoms with Gasteiger partial charge in [-0.1, -0.05) is 26.3 Å². The van der Waals surface area contributed by atoms with Gasteiger partial charge in [-0.15, -0.1) is 0 Å². The van der Waals surface area contributed by atoms with Crippen LogP contribution in [0.4, 0.5) is 5.82 Å². The maximum Gasteiger partial charge on any atom is 0.322 e. The molecule has 0 aromatic carbocycles. The number of methoxy groups -OCH3 is 1. The van der Waals surface area contributed by atoms with Crippen molar-refractivity contribution in [2.45, 2.75) is 51.5 Å². The molecule has 8 nitrogen and oxygen atoms in total. The minimum atomic E-state index is -0.275. The molecule has 3 rings (SSSR count). The zero-order valence-electron chi connectivity index (χ0n) is 18.6. The van der Waals surface area contributed by atoms with Crippen LogP contribution in [0.25, 0.3) is 11.2 Å². The first-order valence-electron chi connectivity index (χ1n) is 10.7. The maximum atomic E-state index is 11.8. The third-order valence-corrected chi connectivity index (χ3v) is 6.76. The van der Waals surface area contributed by atoms with Gasteiger partial charge in [-0.3, -0.25) is 9.79 Å². The molecule has 0 saturated carbocycles. The lowest BCUT2D eigenvalue weighted by atomic mass is 9.91. The van der Waals surface area contributed by atoms with E-state index in [1.807, 2.05) is 6.21 Å². The van der Waals surface area contributed by atoms with Crippen LogP contribution in [-0.2, 0) is 9.53 Å². The van der Waals surface area contributed by atoms with E-state index in [-0.39, 0.29) is 17.9 Å². The molecule has 0 spiro atoms. The molecule has 2 aromatic rings. The van der Waals surface area contributed by atoms with Gasteiger partial charge in [0.25, 0.3) is 0 Å². The standard InChI is InChI=1S/C22H31BrN6O2/c1-5-13(2)6-7-14(10-25-3)16-12-27-29-20(24)18(23)19(28-21(16)29)15-8-9-17(26-11-15)22(30)31-4/h7,10,12-13,15,17,26H,5-6,8-9,11,24H2,1-4H3. The molecule has 9 heteroatoms. The molecule has 0 bridgehead atoms. The number of hydrogen-bond donors (Lipinski definition) is 2. The van der Waals surface area contributed by atoms with Crippen molar-refractivity contribution in [3.8, 4) is 0 Å². The molecule has 1 aliphatic heterocycles. The van der Waals surface area contributed by atoms with Crippen LogP contribution < -0.4 is 11.1 Å². The molecule has 3 atom stereocenters. The number of esters is 1. The van der Waals surface area contributed by atoms with Gasteiger partial charge >= 0.3 is 5.97 Å². The van der Waals surface area contributed by atoms with E-state index < -0.39 is 0 Å². The van der Waals surface area contributed by atoms with Crippen LogP contribution in [-0.4, -0.2) is 53.5 Å². The molecule has 1 saturated heterocycles. The molecule has 3 N–H and O–H groups in total. The summed E-state index contributed by atoms with van der Waals surface area (Å²) in [4.78, 5) is 21.0. The van der Waals surface area contributed by atoms with Crippen molar-refractivity contribution < 1.29 is 9.53 Å². The van der Waals surface area contributed by atoms with Crippen molar-refractivity contribution in [3.63, 3.8) is 0 Å². The quantitative estimate of drug-likeness (QED) is 0.453.